The smallest absolute Gasteiger partial charge is 0.224 e. The number of rotatable bonds is 4. The minimum atomic E-state index is 0.220. The Bertz CT molecular complexity index is 631. The van der Waals surface area contributed by atoms with Crippen LogP contribution in [-0.4, -0.2) is 43.2 Å². The van der Waals surface area contributed by atoms with E-state index < -0.39 is 0 Å². The SMILES string of the molecule is Cc1cc(C)n(CCC(=O)N2CCCC(n3ccnc3)C2)n1. The van der Waals surface area contributed by atoms with Crippen molar-refractivity contribution in [2.75, 3.05) is 13.1 Å². The Labute approximate surface area is 130 Å². The normalized spacial score (nSPS) is 18.6. The van der Waals surface area contributed by atoms with Crippen molar-refractivity contribution in [1.82, 2.24) is 24.2 Å². The van der Waals surface area contributed by atoms with E-state index in [1.54, 1.807) is 6.20 Å². The number of likely N-dealkylation sites (tertiary alicyclic amines) is 1. The van der Waals surface area contributed by atoms with E-state index in [4.69, 9.17) is 0 Å². The Balaban J connectivity index is 1.56. The number of amides is 1. The van der Waals surface area contributed by atoms with Crippen molar-refractivity contribution < 1.29 is 4.79 Å². The summed E-state index contributed by atoms with van der Waals surface area (Å²) in [4.78, 5) is 18.6. The molecule has 3 rings (SSSR count). The van der Waals surface area contributed by atoms with Crippen molar-refractivity contribution in [3.05, 3.63) is 36.2 Å². The number of aromatic nitrogens is 4. The fourth-order valence-electron chi connectivity index (χ4n) is 3.17. The number of piperidine rings is 1. The second-order valence-corrected chi connectivity index (χ2v) is 6.05. The van der Waals surface area contributed by atoms with Gasteiger partial charge in [0.05, 0.1) is 18.1 Å². The Morgan fingerprint density at radius 3 is 2.95 bits per heavy atom. The molecule has 22 heavy (non-hydrogen) atoms. The molecule has 2 aromatic rings. The maximum Gasteiger partial charge on any atom is 0.224 e. The molecule has 1 amide bonds. The summed E-state index contributed by atoms with van der Waals surface area (Å²) in [6.45, 7) is 6.31. The number of carbonyl (C=O) groups is 1. The van der Waals surface area contributed by atoms with Gasteiger partial charge >= 0.3 is 0 Å². The number of imidazole rings is 1. The molecule has 0 radical (unpaired) electrons. The molecule has 1 aliphatic rings. The van der Waals surface area contributed by atoms with Gasteiger partial charge in [0.2, 0.25) is 5.91 Å². The molecule has 0 spiro atoms. The van der Waals surface area contributed by atoms with Gasteiger partial charge in [-0.15, -0.1) is 0 Å². The first kappa shape index (κ1) is 14.8. The number of aryl methyl sites for hydroxylation is 3. The number of hydrogen-bond acceptors (Lipinski definition) is 3. The van der Waals surface area contributed by atoms with Crippen LogP contribution in [0.5, 0.6) is 0 Å². The molecular weight excluding hydrogens is 278 g/mol. The van der Waals surface area contributed by atoms with Crippen LogP contribution >= 0.6 is 0 Å². The summed E-state index contributed by atoms with van der Waals surface area (Å²) in [5.41, 5.74) is 2.11. The van der Waals surface area contributed by atoms with Gasteiger partial charge in [0.1, 0.15) is 0 Å². The first-order valence-corrected chi connectivity index (χ1v) is 7.90. The largest absolute Gasteiger partial charge is 0.341 e. The predicted molar refractivity (Wildman–Crippen MR) is 83.4 cm³/mol. The molecule has 1 fully saturated rings. The van der Waals surface area contributed by atoms with E-state index in [1.165, 1.54) is 0 Å². The van der Waals surface area contributed by atoms with Crippen molar-refractivity contribution >= 4 is 5.91 Å². The average molecular weight is 301 g/mol. The van der Waals surface area contributed by atoms with Gasteiger partial charge in [0.25, 0.3) is 0 Å². The quantitative estimate of drug-likeness (QED) is 0.867. The monoisotopic (exact) mass is 301 g/mol. The third-order valence-corrected chi connectivity index (χ3v) is 4.34. The zero-order valence-corrected chi connectivity index (χ0v) is 13.3. The van der Waals surface area contributed by atoms with Gasteiger partial charge in [-0.1, -0.05) is 0 Å². The van der Waals surface area contributed by atoms with Crippen LogP contribution in [0, 0.1) is 13.8 Å². The van der Waals surface area contributed by atoms with Gasteiger partial charge in [-0.05, 0) is 32.8 Å². The molecule has 0 bridgehead atoms. The van der Waals surface area contributed by atoms with Gasteiger partial charge in [0, 0.05) is 44.1 Å². The Hall–Kier alpha value is -2.11. The Morgan fingerprint density at radius 1 is 1.41 bits per heavy atom. The van der Waals surface area contributed by atoms with Gasteiger partial charge in [-0.25, -0.2) is 4.98 Å². The molecule has 1 saturated heterocycles. The van der Waals surface area contributed by atoms with Crippen molar-refractivity contribution in [1.29, 1.82) is 0 Å². The van der Waals surface area contributed by atoms with E-state index in [2.05, 4.69) is 14.6 Å². The predicted octanol–water partition coefficient (Wildman–Crippen LogP) is 1.95. The van der Waals surface area contributed by atoms with E-state index in [0.29, 0.717) is 19.0 Å². The highest BCUT2D eigenvalue weighted by Crippen LogP contribution is 2.21. The van der Waals surface area contributed by atoms with Crippen LogP contribution < -0.4 is 0 Å². The molecule has 6 nitrogen and oxygen atoms in total. The lowest BCUT2D eigenvalue weighted by Gasteiger charge is -2.33. The van der Waals surface area contributed by atoms with Crippen LogP contribution in [0.15, 0.2) is 24.8 Å². The number of carbonyl (C=O) groups excluding carboxylic acids is 1. The minimum absolute atomic E-state index is 0.220. The zero-order valence-electron chi connectivity index (χ0n) is 13.3. The fraction of sp³-hybridized carbons (Fsp3) is 0.562. The summed E-state index contributed by atoms with van der Waals surface area (Å²) in [6, 6.07) is 2.40. The second-order valence-electron chi connectivity index (χ2n) is 6.05. The first-order valence-electron chi connectivity index (χ1n) is 7.90. The van der Waals surface area contributed by atoms with Gasteiger partial charge < -0.3 is 9.47 Å². The van der Waals surface area contributed by atoms with E-state index in [-0.39, 0.29) is 5.91 Å². The van der Waals surface area contributed by atoms with Gasteiger partial charge in [-0.2, -0.15) is 5.10 Å². The highest BCUT2D eigenvalue weighted by molar-refractivity contribution is 5.76. The van der Waals surface area contributed by atoms with Crippen LogP contribution in [0.4, 0.5) is 0 Å². The molecule has 118 valence electrons. The van der Waals surface area contributed by atoms with Crippen molar-refractivity contribution in [2.45, 2.75) is 45.7 Å². The van der Waals surface area contributed by atoms with Crippen LogP contribution in [0.25, 0.3) is 0 Å². The van der Waals surface area contributed by atoms with Crippen LogP contribution in [0.1, 0.15) is 36.7 Å². The molecule has 1 aliphatic heterocycles. The summed E-state index contributed by atoms with van der Waals surface area (Å²) in [5, 5.41) is 4.42. The molecule has 0 N–H and O–H groups in total. The summed E-state index contributed by atoms with van der Waals surface area (Å²) in [6.07, 6.45) is 8.29. The number of nitrogens with zero attached hydrogens (tertiary/aromatic N) is 5. The van der Waals surface area contributed by atoms with Crippen LogP contribution in [0.2, 0.25) is 0 Å². The van der Waals surface area contributed by atoms with E-state index >= 15 is 0 Å². The molecule has 0 saturated carbocycles. The summed E-state index contributed by atoms with van der Waals surface area (Å²) in [7, 11) is 0. The lowest BCUT2D eigenvalue weighted by molar-refractivity contribution is -0.133. The standard InChI is InChI=1S/C16H23N5O/c1-13-10-14(2)21(18-13)8-5-16(22)19-7-3-4-15(11-19)20-9-6-17-12-20/h6,9-10,12,15H,3-5,7-8,11H2,1-2H3. The molecule has 1 atom stereocenters. The van der Waals surface area contributed by atoms with Gasteiger partial charge in [0.15, 0.2) is 0 Å². The summed E-state index contributed by atoms with van der Waals surface area (Å²) in [5.74, 6) is 0.220. The maximum atomic E-state index is 12.5. The molecular formula is C16H23N5O. The van der Waals surface area contributed by atoms with Crippen LogP contribution in [0.3, 0.4) is 0 Å². The minimum Gasteiger partial charge on any atom is -0.341 e. The Kier molecular flexibility index (Phi) is 4.27. The molecule has 0 aromatic carbocycles. The molecule has 2 aromatic heterocycles. The topological polar surface area (TPSA) is 56.0 Å². The molecule has 6 heteroatoms. The lowest BCUT2D eigenvalue weighted by atomic mass is 10.1. The third-order valence-electron chi connectivity index (χ3n) is 4.34. The van der Waals surface area contributed by atoms with Gasteiger partial charge in [-0.3, -0.25) is 9.48 Å². The molecule has 1 unspecified atom stereocenters. The average Bonchev–Trinajstić information content (AvgIpc) is 3.15. The fourth-order valence-corrected chi connectivity index (χ4v) is 3.17. The third kappa shape index (κ3) is 3.21. The lowest BCUT2D eigenvalue weighted by Crippen LogP contribution is -2.40. The highest BCUT2D eigenvalue weighted by Gasteiger charge is 2.24. The highest BCUT2D eigenvalue weighted by atomic mass is 16.2. The van der Waals surface area contributed by atoms with E-state index in [1.807, 2.05) is 42.0 Å². The van der Waals surface area contributed by atoms with Crippen molar-refractivity contribution in [3.63, 3.8) is 0 Å². The summed E-state index contributed by atoms with van der Waals surface area (Å²) >= 11 is 0. The first-order chi connectivity index (χ1) is 10.6. The maximum absolute atomic E-state index is 12.5. The van der Waals surface area contributed by atoms with Crippen LogP contribution in [-0.2, 0) is 11.3 Å². The van der Waals surface area contributed by atoms with Crippen molar-refractivity contribution in [2.24, 2.45) is 0 Å². The molecule has 0 aliphatic carbocycles. The number of hydrogen-bond donors (Lipinski definition) is 0. The summed E-state index contributed by atoms with van der Waals surface area (Å²) < 4.78 is 4.03. The second kappa shape index (κ2) is 6.34. The molecule has 3 heterocycles. The Morgan fingerprint density at radius 2 is 2.27 bits per heavy atom. The van der Waals surface area contributed by atoms with E-state index in [0.717, 1.165) is 37.3 Å². The van der Waals surface area contributed by atoms with E-state index in [9.17, 15) is 4.79 Å². The zero-order chi connectivity index (χ0) is 15.5. The van der Waals surface area contributed by atoms with Crippen molar-refractivity contribution in [3.8, 4) is 0 Å².